The van der Waals surface area contributed by atoms with Gasteiger partial charge in [0.1, 0.15) is 24.0 Å². The summed E-state index contributed by atoms with van der Waals surface area (Å²) in [6.45, 7) is 1.78. The summed E-state index contributed by atoms with van der Waals surface area (Å²) in [6, 6.07) is -2.24. The molecule has 4 rings (SSSR count). The Bertz CT molecular complexity index is 788. The molecule has 5 unspecified atom stereocenters. The lowest BCUT2D eigenvalue weighted by Gasteiger charge is -2.58. The molecule has 6 N–H and O–H groups in total. The van der Waals surface area contributed by atoms with E-state index in [4.69, 9.17) is 14.2 Å². The van der Waals surface area contributed by atoms with Gasteiger partial charge in [-0.05, 0) is 27.4 Å². The molecule has 3 fully saturated rings. The minimum absolute atomic E-state index is 0.0878. The van der Waals surface area contributed by atoms with Crippen molar-refractivity contribution in [2.24, 2.45) is 0 Å². The van der Waals surface area contributed by atoms with Crippen molar-refractivity contribution >= 4 is 5.91 Å². The van der Waals surface area contributed by atoms with E-state index >= 15 is 0 Å². The van der Waals surface area contributed by atoms with Crippen molar-refractivity contribution in [3.8, 4) is 0 Å². The predicted octanol–water partition coefficient (Wildman–Crippen LogP) is -2.91. The maximum absolute atomic E-state index is 12.7. The Hall–Kier alpha value is -1.77. The second-order valence-electron chi connectivity index (χ2n) is 8.18. The van der Waals surface area contributed by atoms with Gasteiger partial charge in [-0.1, -0.05) is 0 Å². The average Bonchev–Trinajstić information content (AvgIpc) is 2.75. The Balaban J connectivity index is 1.61. The molecule has 1 aromatic heterocycles. The zero-order chi connectivity index (χ0) is 22.3. The highest BCUT2D eigenvalue weighted by Crippen LogP contribution is 2.41. The quantitative estimate of drug-likeness (QED) is 0.285. The first-order chi connectivity index (χ1) is 14.8. The van der Waals surface area contributed by atoms with Crippen LogP contribution < -0.4 is 16.0 Å². The molecule has 12 heteroatoms. The van der Waals surface area contributed by atoms with E-state index in [1.807, 2.05) is 0 Å². The zero-order valence-electron chi connectivity index (χ0n) is 17.5. The molecule has 1 saturated carbocycles. The molecule has 0 bridgehead atoms. The predicted molar refractivity (Wildman–Crippen MR) is 105 cm³/mol. The molecule has 0 aromatic carbocycles. The summed E-state index contributed by atoms with van der Waals surface area (Å²) in [4.78, 5) is 20.5. The van der Waals surface area contributed by atoms with E-state index in [2.05, 4.69) is 25.9 Å². The number of aliphatic hydroxyl groups excluding tert-OH is 2. The molecule has 1 aliphatic carbocycles. The number of ether oxygens (including phenoxy) is 3. The third-order valence-electron chi connectivity index (χ3n) is 6.25. The maximum atomic E-state index is 12.7. The van der Waals surface area contributed by atoms with Gasteiger partial charge in [0.05, 0.1) is 36.5 Å². The number of rotatable bonds is 4. The van der Waals surface area contributed by atoms with E-state index in [9.17, 15) is 20.1 Å². The second kappa shape index (κ2) is 8.64. The van der Waals surface area contributed by atoms with E-state index in [1.54, 1.807) is 21.0 Å². The second-order valence-corrected chi connectivity index (χ2v) is 8.18. The first-order valence-corrected chi connectivity index (χ1v) is 10.3. The molecule has 10 atom stereocenters. The van der Waals surface area contributed by atoms with E-state index in [1.165, 1.54) is 18.6 Å². The van der Waals surface area contributed by atoms with Crippen molar-refractivity contribution in [2.75, 3.05) is 14.1 Å². The number of likely N-dealkylation sites (N-methyl/N-ethyl adjacent to an activating group) is 2. The number of carbonyl (C=O) groups is 1. The minimum atomic E-state index is -2.05. The number of aromatic nitrogens is 2. The molecule has 1 aromatic rings. The smallest absolute Gasteiger partial charge is 0.271 e. The van der Waals surface area contributed by atoms with Crippen LogP contribution in [0.4, 0.5) is 0 Å². The molecule has 2 aliphatic heterocycles. The molecule has 172 valence electrons. The average molecular weight is 439 g/mol. The number of amides is 1. The highest BCUT2D eigenvalue weighted by atomic mass is 16.8. The Labute approximate surface area is 179 Å². The summed E-state index contributed by atoms with van der Waals surface area (Å²) in [5, 5.41) is 41.6. The van der Waals surface area contributed by atoms with Crippen LogP contribution in [-0.2, 0) is 14.2 Å². The Morgan fingerprint density at radius 3 is 2.52 bits per heavy atom. The number of hydrogen-bond acceptors (Lipinski definition) is 11. The van der Waals surface area contributed by atoms with Gasteiger partial charge in [-0.15, -0.1) is 0 Å². The van der Waals surface area contributed by atoms with Gasteiger partial charge < -0.3 is 45.5 Å². The third kappa shape index (κ3) is 3.83. The van der Waals surface area contributed by atoms with Gasteiger partial charge in [0, 0.05) is 12.4 Å². The molecule has 3 aliphatic rings. The normalized spacial score (nSPS) is 44.8. The summed E-state index contributed by atoms with van der Waals surface area (Å²) < 4.78 is 17.8. The molecule has 12 nitrogen and oxygen atoms in total. The van der Waals surface area contributed by atoms with Crippen LogP contribution >= 0.6 is 0 Å². The van der Waals surface area contributed by atoms with Gasteiger partial charge in [0.25, 0.3) is 5.91 Å². The fourth-order valence-corrected chi connectivity index (χ4v) is 4.67. The Morgan fingerprint density at radius 2 is 1.87 bits per heavy atom. The van der Waals surface area contributed by atoms with Crippen molar-refractivity contribution in [3.05, 3.63) is 24.3 Å². The molecular formula is C19H29N5O7. The summed E-state index contributed by atoms with van der Waals surface area (Å²) in [7, 11) is 3.27. The standard InChI is InChI=1S/C19H29N5O7/c1-8-6-10(24-17(27)9-7-22-4-5-23-9)19(28)18(29-8)30-16-14(26)11(20-2)13(25)12(21-3)15(16)31-19/h4-5,7-8,10-16,18,20-21,25-26,28H,6H2,1-3H3,(H,24,27)/t8-,10-,11?,12?,13+,14+,15?,16?,18?,19+/m1/s1. The van der Waals surface area contributed by atoms with Gasteiger partial charge in [-0.25, -0.2) is 4.98 Å². The highest BCUT2D eigenvalue weighted by Gasteiger charge is 2.63. The monoisotopic (exact) mass is 439 g/mol. The number of nitrogens with zero attached hydrogens (tertiary/aromatic N) is 2. The van der Waals surface area contributed by atoms with E-state index in [0.717, 1.165) is 0 Å². The number of aliphatic hydroxyl groups is 3. The summed E-state index contributed by atoms with van der Waals surface area (Å²) in [5.41, 5.74) is 0.0878. The molecule has 0 radical (unpaired) electrons. The van der Waals surface area contributed by atoms with Crippen LogP contribution in [0, 0.1) is 0 Å². The fourth-order valence-electron chi connectivity index (χ4n) is 4.67. The third-order valence-corrected chi connectivity index (χ3v) is 6.25. The van der Waals surface area contributed by atoms with Crippen LogP contribution in [0.5, 0.6) is 0 Å². The Kier molecular flexibility index (Phi) is 6.25. The van der Waals surface area contributed by atoms with Crippen molar-refractivity contribution in [2.45, 2.75) is 74.1 Å². The summed E-state index contributed by atoms with van der Waals surface area (Å²) in [6.07, 6.45) is -1.16. The summed E-state index contributed by atoms with van der Waals surface area (Å²) in [5.74, 6) is -2.58. The molecule has 3 heterocycles. The number of carbonyl (C=O) groups excluding carboxylic acids is 1. The minimum Gasteiger partial charge on any atom is -0.390 e. The first kappa shape index (κ1) is 22.4. The lowest BCUT2D eigenvalue weighted by atomic mass is 9.79. The van der Waals surface area contributed by atoms with Gasteiger partial charge in [-0.3, -0.25) is 9.78 Å². The lowest BCUT2D eigenvalue weighted by Crippen LogP contribution is -2.79. The fraction of sp³-hybridized carbons (Fsp3) is 0.737. The lowest BCUT2D eigenvalue weighted by molar-refractivity contribution is -0.448. The van der Waals surface area contributed by atoms with Crippen LogP contribution in [0.1, 0.15) is 23.8 Å². The van der Waals surface area contributed by atoms with Crippen LogP contribution in [0.15, 0.2) is 18.6 Å². The van der Waals surface area contributed by atoms with Gasteiger partial charge in [-0.2, -0.15) is 0 Å². The van der Waals surface area contributed by atoms with Crippen LogP contribution in [0.25, 0.3) is 0 Å². The largest absolute Gasteiger partial charge is 0.390 e. The van der Waals surface area contributed by atoms with Gasteiger partial charge >= 0.3 is 0 Å². The van der Waals surface area contributed by atoms with Crippen molar-refractivity contribution < 1.29 is 34.3 Å². The van der Waals surface area contributed by atoms with Crippen molar-refractivity contribution in [1.82, 2.24) is 25.9 Å². The van der Waals surface area contributed by atoms with Crippen LogP contribution in [0.3, 0.4) is 0 Å². The number of hydrogen-bond donors (Lipinski definition) is 6. The first-order valence-electron chi connectivity index (χ1n) is 10.3. The van der Waals surface area contributed by atoms with E-state index in [-0.39, 0.29) is 18.2 Å². The SMILES string of the molecule is CNC1C2O[C@]3(O)C(OC2[C@@H](O)C(NC)[C@@H]1O)O[C@H](C)C[C@H]3NC(=O)c1cnccn1. The molecule has 1 amide bonds. The molecule has 31 heavy (non-hydrogen) atoms. The molecule has 0 spiro atoms. The van der Waals surface area contributed by atoms with Crippen molar-refractivity contribution in [1.29, 1.82) is 0 Å². The zero-order valence-corrected chi connectivity index (χ0v) is 17.5. The molecule has 2 saturated heterocycles. The summed E-state index contributed by atoms with van der Waals surface area (Å²) >= 11 is 0. The highest BCUT2D eigenvalue weighted by molar-refractivity contribution is 5.92. The van der Waals surface area contributed by atoms with Crippen molar-refractivity contribution in [3.63, 3.8) is 0 Å². The topological polar surface area (TPSA) is 167 Å². The Morgan fingerprint density at radius 1 is 1.13 bits per heavy atom. The van der Waals surface area contributed by atoms with Gasteiger partial charge in [0.15, 0.2) is 0 Å². The van der Waals surface area contributed by atoms with Gasteiger partial charge in [0.2, 0.25) is 12.1 Å². The number of nitrogens with one attached hydrogen (secondary N) is 3. The maximum Gasteiger partial charge on any atom is 0.271 e. The van der Waals surface area contributed by atoms with Crippen LogP contribution in [0.2, 0.25) is 0 Å². The van der Waals surface area contributed by atoms with Crippen LogP contribution in [-0.4, -0.2) is 106 Å². The molecular weight excluding hydrogens is 410 g/mol. The van der Waals surface area contributed by atoms with E-state index < -0.39 is 60.5 Å². The number of fused-ring (bicyclic) bond motifs is 2. The van der Waals surface area contributed by atoms with E-state index in [0.29, 0.717) is 0 Å².